The van der Waals surface area contributed by atoms with E-state index in [0.717, 1.165) is 35.8 Å². The smallest absolute Gasteiger partial charge is 0.0326 e. The van der Waals surface area contributed by atoms with Gasteiger partial charge in [-0.25, -0.2) is 0 Å². The normalized spacial score (nSPS) is 15.1. The topological polar surface area (TPSA) is 0 Å². The fourth-order valence-corrected chi connectivity index (χ4v) is 3.34. The molecule has 1 heterocycles. The SMILES string of the molecule is Sc1cc(C2=[C]C=CCS2)c(S)c(S)c1S. The molecule has 0 saturated heterocycles. The van der Waals surface area contributed by atoms with Gasteiger partial charge >= 0.3 is 0 Å². The van der Waals surface area contributed by atoms with Crippen LogP contribution in [0.25, 0.3) is 4.91 Å². The van der Waals surface area contributed by atoms with Crippen LogP contribution in [0.3, 0.4) is 0 Å². The summed E-state index contributed by atoms with van der Waals surface area (Å²) in [5.41, 5.74) is 1.02. The molecule has 83 valence electrons. The summed E-state index contributed by atoms with van der Waals surface area (Å²) in [6.45, 7) is 0. The van der Waals surface area contributed by atoms with E-state index >= 15 is 0 Å². The number of thioether (sulfide) groups is 1. The summed E-state index contributed by atoms with van der Waals surface area (Å²) < 4.78 is 0. The van der Waals surface area contributed by atoms with Gasteiger partial charge in [-0.3, -0.25) is 0 Å². The van der Waals surface area contributed by atoms with Crippen LogP contribution in [-0.2, 0) is 0 Å². The first-order valence-corrected chi connectivity index (χ1v) is 7.27. The lowest BCUT2D eigenvalue weighted by Gasteiger charge is -2.14. The Morgan fingerprint density at radius 2 is 1.81 bits per heavy atom. The van der Waals surface area contributed by atoms with Crippen LogP contribution < -0.4 is 0 Å². The molecule has 0 saturated carbocycles. The van der Waals surface area contributed by atoms with Gasteiger partial charge in [0.05, 0.1) is 0 Å². The molecule has 0 N–H and O–H groups in total. The van der Waals surface area contributed by atoms with E-state index in [-0.39, 0.29) is 0 Å². The van der Waals surface area contributed by atoms with Crippen molar-refractivity contribution in [3.8, 4) is 0 Å². The third-order valence-corrected chi connectivity index (χ3v) is 5.37. The monoisotopic (exact) mass is 301 g/mol. The Labute approximate surface area is 122 Å². The van der Waals surface area contributed by atoms with E-state index in [1.807, 2.05) is 12.1 Å². The second-order valence-electron chi connectivity index (χ2n) is 3.18. The summed E-state index contributed by atoms with van der Waals surface area (Å²) in [5, 5.41) is 0. The largest absolute Gasteiger partial charge is 0.142 e. The first kappa shape index (κ1) is 12.9. The molecular formula is C11H9S5. The van der Waals surface area contributed by atoms with Crippen LogP contribution in [0.5, 0.6) is 0 Å². The molecular weight excluding hydrogens is 292 g/mol. The molecule has 2 rings (SSSR count). The van der Waals surface area contributed by atoms with Gasteiger partial charge in [-0.15, -0.1) is 62.3 Å². The van der Waals surface area contributed by atoms with Crippen molar-refractivity contribution in [3.05, 3.63) is 29.9 Å². The van der Waals surface area contributed by atoms with Crippen molar-refractivity contribution in [2.45, 2.75) is 19.6 Å². The molecule has 0 aromatic heterocycles. The highest BCUT2D eigenvalue weighted by Gasteiger charge is 2.14. The van der Waals surface area contributed by atoms with Crippen molar-refractivity contribution in [3.63, 3.8) is 0 Å². The van der Waals surface area contributed by atoms with Gasteiger partial charge in [0.25, 0.3) is 0 Å². The van der Waals surface area contributed by atoms with Crippen LogP contribution in [0.4, 0.5) is 0 Å². The van der Waals surface area contributed by atoms with Gasteiger partial charge in [-0.05, 0) is 12.1 Å². The predicted molar refractivity (Wildman–Crippen MR) is 83.7 cm³/mol. The lowest BCUT2D eigenvalue weighted by atomic mass is 10.2. The maximum atomic E-state index is 4.48. The maximum absolute atomic E-state index is 4.48. The Bertz CT molecular complexity index is 488. The van der Waals surface area contributed by atoms with Gasteiger partial charge in [0.1, 0.15) is 0 Å². The quantitative estimate of drug-likeness (QED) is 0.561. The molecule has 0 amide bonds. The zero-order chi connectivity index (χ0) is 11.7. The van der Waals surface area contributed by atoms with Crippen LogP contribution in [0.15, 0.2) is 37.8 Å². The van der Waals surface area contributed by atoms with Crippen molar-refractivity contribution >= 4 is 67.2 Å². The summed E-state index contributed by atoms with van der Waals surface area (Å²) >= 11 is 19.3. The molecule has 1 aliphatic heterocycles. The molecule has 1 aromatic rings. The third-order valence-electron chi connectivity index (χ3n) is 2.13. The third kappa shape index (κ3) is 2.48. The molecule has 0 fully saturated rings. The van der Waals surface area contributed by atoms with Crippen LogP contribution in [0, 0.1) is 6.08 Å². The van der Waals surface area contributed by atoms with Gasteiger partial charge in [0, 0.05) is 35.8 Å². The molecule has 0 bridgehead atoms. The molecule has 0 spiro atoms. The first-order valence-electron chi connectivity index (χ1n) is 4.49. The summed E-state index contributed by atoms with van der Waals surface area (Å²) in [6.07, 6.45) is 7.21. The second kappa shape index (κ2) is 5.40. The van der Waals surface area contributed by atoms with Gasteiger partial charge in [0.2, 0.25) is 0 Å². The molecule has 0 aliphatic carbocycles. The van der Waals surface area contributed by atoms with E-state index < -0.39 is 0 Å². The van der Waals surface area contributed by atoms with Crippen LogP contribution in [-0.4, -0.2) is 5.75 Å². The fourth-order valence-electron chi connectivity index (χ4n) is 1.32. The Morgan fingerprint density at radius 1 is 1.06 bits per heavy atom. The average Bonchev–Trinajstić information content (AvgIpc) is 2.32. The van der Waals surface area contributed by atoms with E-state index in [0.29, 0.717) is 0 Å². The molecule has 1 aromatic carbocycles. The van der Waals surface area contributed by atoms with Gasteiger partial charge in [-0.1, -0.05) is 12.2 Å². The molecule has 5 heteroatoms. The van der Waals surface area contributed by atoms with Crippen LogP contribution in [0.1, 0.15) is 5.56 Å². The molecule has 1 radical (unpaired) electrons. The summed E-state index contributed by atoms with van der Waals surface area (Å²) in [7, 11) is 0. The Morgan fingerprint density at radius 3 is 2.44 bits per heavy atom. The maximum Gasteiger partial charge on any atom is 0.0326 e. The highest BCUT2D eigenvalue weighted by atomic mass is 32.2. The van der Waals surface area contributed by atoms with E-state index in [1.165, 1.54) is 0 Å². The fraction of sp³-hybridized carbons (Fsp3) is 0.0909. The zero-order valence-electron chi connectivity index (χ0n) is 8.14. The lowest BCUT2D eigenvalue weighted by molar-refractivity contribution is 1.04. The van der Waals surface area contributed by atoms with E-state index in [9.17, 15) is 0 Å². The van der Waals surface area contributed by atoms with Crippen molar-refractivity contribution in [1.29, 1.82) is 0 Å². The van der Waals surface area contributed by atoms with Crippen molar-refractivity contribution in [1.82, 2.24) is 0 Å². The van der Waals surface area contributed by atoms with E-state index in [2.05, 4.69) is 62.7 Å². The number of rotatable bonds is 1. The first-order chi connectivity index (χ1) is 7.61. The van der Waals surface area contributed by atoms with Crippen LogP contribution >= 0.6 is 62.3 Å². The summed E-state index contributed by atoms with van der Waals surface area (Å²) in [6, 6.07) is 1.96. The van der Waals surface area contributed by atoms with Crippen LogP contribution in [0.2, 0.25) is 0 Å². The lowest BCUT2D eigenvalue weighted by Crippen LogP contribution is -1.91. The number of hydrogen-bond acceptors (Lipinski definition) is 5. The van der Waals surface area contributed by atoms with E-state index in [1.54, 1.807) is 11.8 Å². The minimum atomic E-state index is 0.761. The molecule has 16 heavy (non-hydrogen) atoms. The van der Waals surface area contributed by atoms with E-state index in [4.69, 9.17) is 0 Å². The molecule has 0 nitrogen and oxygen atoms in total. The van der Waals surface area contributed by atoms with Crippen molar-refractivity contribution in [2.75, 3.05) is 5.75 Å². The van der Waals surface area contributed by atoms with Gasteiger partial charge in [-0.2, -0.15) is 0 Å². The van der Waals surface area contributed by atoms with Crippen molar-refractivity contribution in [2.24, 2.45) is 0 Å². The Kier molecular flexibility index (Phi) is 4.35. The minimum absolute atomic E-state index is 0.761. The molecule has 1 aliphatic rings. The number of benzene rings is 1. The van der Waals surface area contributed by atoms with Gasteiger partial charge < -0.3 is 0 Å². The summed E-state index contributed by atoms with van der Waals surface area (Å²) in [4.78, 5) is 4.24. The van der Waals surface area contributed by atoms with Crippen molar-refractivity contribution < 1.29 is 0 Å². The second-order valence-corrected chi connectivity index (χ2v) is 6.03. The summed E-state index contributed by atoms with van der Waals surface area (Å²) in [5.74, 6) is 0.960. The highest BCUT2D eigenvalue weighted by molar-refractivity contribution is 8.08. The predicted octanol–water partition coefficient (Wildman–Crippen LogP) is 4.29. The number of hydrogen-bond donors (Lipinski definition) is 4. The Hall–Kier alpha value is 0.450. The standard InChI is InChI=1S/C11H9S5/c12-7-5-6(8-3-1-2-4-16-8)9(13)11(15)10(7)14/h1-2,5,12-15H,4H2. The average molecular weight is 302 g/mol. The minimum Gasteiger partial charge on any atom is -0.142 e. The molecule has 0 unspecified atom stereocenters. The zero-order valence-corrected chi connectivity index (χ0v) is 12.5. The highest BCUT2D eigenvalue weighted by Crippen LogP contribution is 2.40. The number of thiol groups is 4. The van der Waals surface area contributed by atoms with Gasteiger partial charge in [0.15, 0.2) is 0 Å². The molecule has 0 atom stereocenters. The number of allylic oxidation sites excluding steroid dienone is 2. The Balaban J connectivity index is 2.57.